The summed E-state index contributed by atoms with van der Waals surface area (Å²) in [7, 11) is -3.86. The van der Waals surface area contributed by atoms with Gasteiger partial charge in [0, 0.05) is 30.2 Å². The fourth-order valence-electron chi connectivity index (χ4n) is 4.07. The van der Waals surface area contributed by atoms with Gasteiger partial charge < -0.3 is 5.32 Å². The Kier molecular flexibility index (Phi) is 7.01. The Morgan fingerprint density at radius 2 is 1.85 bits per heavy atom. The number of benzene rings is 2. The zero-order valence-electron chi connectivity index (χ0n) is 18.5. The van der Waals surface area contributed by atoms with Gasteiger partial charge in [0.15, 0.2) is 5.84 Å². The minimum absolute atomic E-state index is 0.0476. The molecular formula is C23H25N5O5S. The van der Waals surface area contributed by atoms with E-state index < -0.39 is 14.9 Å². The molecule has 1 N–H and O–H groups in total. The van der Waals surface area contributed by atoms with Crippen LogP contribution in [0.4, 0.5) is 5.69 Å². The van der Waals surface area contributed by atoms with Gasteiger partial charge in [-0.1, -0.05) is 31.4 Å². The van der Waals surface area contributed by atoms with Gasteiger partial charge in [0.25, 0.3) is 15.7 Å². The quantitative estimate of drug-likeness (QED) is 0.365. The minimum Gasteiger partial charge on any atom is -0.353 e. The zero-order chi connectivity index (χ0) is 24.1. The number of nitrogens with one attached hydrogen (secondary N) is 1. The van der Waals surface area contributed by atoms with Gasteiger partial charge in [0.2, 0.25) is 5.91 Å². The van der Waals surface area contributed by atoms with Crippen LogP contribution in [0.15, 0.2) is 62.9 Å². The molecule has 10 nitrogen and oxygen atoms in total. The Labute approximate surface area is 197 Å². The molecule has 0 atom stereocenters. The summed E-state index contributed by atoms with van der Waals surface area (Å²) in [5.74, 6) is 0.0106. The Hall–Kier alpha value is -3.60. The highest BCUT2D eigenvalue weighted by Crippen LogP contribution is 2.28. The molecular weight excluding hydrogens is 458 g/mol. The van der Waals surface area contributed by atoms with Gasteiger partial charge in [0.05, 0.1) is 17.7 Å². The third-order valence-corrected chi connectivity index (χ3v) is 7.15. The van der Waals surface area contributed by atoms with E-state index in [1.807, 2.05) is 0 Å². The minimum atomic E-state index is -3.86. The van der Waals surface area contributed by atoms with Crippen molar-refractivity contribution in [2.24, 2.45) is 9.50 Å². The molecule has 0 radical (unpaired) electrons. The summed E-state index contributed by atoms with van der Waals surface area (Å²) in [4.78, 5) is 23.0. The average Bonchev–Trinajstić information content (AvgIpc) is 3.11. The summed E-state index contributed by atoms with van der Waals surface area (Å²) in [5.41, 5.74) is 0.946. The van der Waals surface area contributed by atoms with Crippen molar-refractivity contribution in [3.05, 3.63) is 69.8 Å². The monoisotopic (exact) mass is 483 g/mol. The van der Waals surface area contributed by atoms with Gasteiger partial charge in [-0.25, -0.2) is 5.01 Å². The van der Waals surface area contributed by atoms with Crippen LogP contribution in [-0.4, -0.2) is 48.9 Å². The van der Waals surface area contributed by atoms with E-state index >= 15 is 0 Å². The molecule has 0 saturated heterocycles. The molecule has 0 bridgehead atoms. The number of hydrogen-bond acceptors (Lipinski definition) is 7. The lowest BCUT2D eigenvalue weighted by Crippen LogP contribution is -2.38. The molecule has 34 heavy (non-hydrogen) atoms. The standard InChI is InChI=1S/C23H25N5O5S/c29-22(25-18-6-2-1-3-7-18)14-15-27(24-16-17-10-12-19(13-11-17)28(30)31)23-20-8-4-5-9-21(20)34(32,33)26-23/h4-5,8-13,16,18H,1-3,6-7,14-15H2,(H,25,29)/b24-16+. The van der Waals surface area contributed by atoms with Crippen molar-refractivity contribution in [1.29, 1.82) is 0 Å². The molecule has 1 aliphatic heterocycles. The average molecular weight is 484 g/mol. The number of hydrazone groups is 1. The summed E-state index contributed by atoms with van der Waals surface area (Å²) in [6.07, 6.45) is 6.88. The molecule has 1 saturated carbocycles. The van der Waals surface area contributed by atoms with Gasteiger partial charge in [0.1, 0.15) is 4.90 Å². The number of carbonyl (C=O) groups excluding carboxylic acids is 1. The molecule has 11 heteroatoms. The third kappa shape index (κ3) is 5.48. The van der Waals surface area contributed by atoms with Crippen LogP contribution in [0.2, 0.25) is 0 Å². The largest absolute Gasteiger partial charge is 0.353 e. The van der Waals surface area contributed by atoms with E-state index in [2.05, 4.69) is 14.8 Å². The van der Waals surface area contributed by atoms with E-state index in [1.54, 1.807) is 18.2 Å². The Morgan fingerprint density at radius 1 is 1.15 bits per heavy atom. The maximum atomic E-state index is 12.6. The fraction of sp³-hybridized carbons (Fsp3) is 0.348. The van der Waals surface area contributed by atoms with Crippen LogP contribution in [0.5, 0.6) is 0 Å². The van der Waals surface area contributed by atoms with Crippen molar-refractivity contribution in [2.75, 3.05) is 6.54 Å². The molecule has 1 fully saturated rings. The second-order valence-corrected chi connectivity index (χ2v) is 9.83. The second-order valence-electron chi connectivity index (χ2n) is 8.25. The number of nitro benzene ring substituents is 1. The first kappa shape index (κ1) is 23.6. The molecule has 0 spiro atoms. The molecule has 1 aliphatic carbocycles. The molecule has 1 heterocycles. The van der Waals surface area contributed by atoms with E-state index in [0.717, 1.165) is 25.7 Å². The number of nitrogens with zero attached hydrogens (tertiary/aromatic N) is 4. The van der Waals surface area contributed by atoms with Crippen LogP contribution in [0.1, 0.15) is 49.7 Å². The van der Waals surface area contributed by atoms with Crippen LogP contribution in [0.3, 0.4) is 0 Å². The first-order valence-corrected chi connectivity index (χ1v) is 12.6. The number of amides is 1. The van der Waals surface area contributed by atoms with E-state index in [1.165, 1.54) is 48.0 Å². The second kappa shape index (κ2) is 10.1. The van der Waals surface area contributed by atoms with E-state index in [4.69, 9.17) is 0 Å². The van der Waals surface area contributed by atoms with Crippen LogP contribution in [-0.2, 0) is 14.8 Å². The van der Waals surface area contributed by atoms with Crippen molar-refractivity contribution in [1.82, 2.24) is 10.3 Å². The lowest BCUT2D eigenvalue weighted by atomic mass is 9.95. The Balaban J connectivity index is 1.55. The first-order valence-electron chi connectivity index (χ1n) is 11.1. The third-order valence-electron chi connectivity index (χ3n) is 5.83. The van der Waals surface area contributed by atoms with Gasteiger partial charge in [-0.2, -0.15) is 13.5 Å². The zero-order valence-corrected chi connectivity index (χ0v) is 19.3. The number of non-ortho nitro benzene ring substituents is 1. The van der Waals surface area contributed by atoms with Crippen LogP contribution >= 0.6 is 0 Å². The van der Waals surface area contributed by atoms with E-state index in [-0.39, 0.29) is 41.3 Å². The molecule has 0 unspecified atom stereocenters. The number of sulfonamides is 1. The van der Waals surface area contributed by atoms with Gasteiger partial charge >= 0.3 is 0 Å². The van der Waals surface area contributed by atoms with Crippen LogP contribution in [0, 0.1) is 10.1 Å². The molecule has 0 aromatic heterocycles. The van der Waals surface area contributed by atoms with Crippen LogP contribution < -0.4 is 5.32 Å². The molecule has 2 aromatic rings. The molecule has 2 aliphatic rings. The van der Waals surface area contributed by atoms with Crippen molar-refractivity contribution in [3.63, 3.8) is 0 Å². The fourth-order valence-corrected chi connectivity index (χ4v) is 5.27. The summed E-state index contributed by atoms with van der Waals surface area (Å²) in [6.45, 7) is 0.116. The smallest absolute Gasteiger partial charge is 0.285 e. The normalized spacial score (nSPS) is 17.2. The topological polar surface area (TPSA) is 134 Å². The van der Waals surface area contributed by atoms with E-state index in [9.17, 15) is 23.3 Å². The lowest BCUT2D eigenvalue weighted by Gasteiger charge is -2.24. The maximum Gasteiger partial charge on any atom is 0.285 e. The van der Waals surface area contributed by atoms with Crippen molar-refractivity contribution in [3.8, 4) is 0 Å². The van der Waals surface area contributed by atoms with Gasteiger partial charge in [-0.05, 0) is 42.7 Å². The molecule has 2 aromatic carbocycles. The van der Waals surface area contributed by atoms with Crippen molar-refractivity contribution in [2.45, 2.75) is 49.5 Å². The summed E-state index contributed by atoms with van der Waals surface area (Å²) in [5, 5.41) is 19.7. The Bertz CT molecular complexity index is 1230. The molecule has 178 valence electrons. The summed E-state index contributed by atoms with van der Waals surface area (Å²) in [6, 6.07) is 12.4. The van der Waals surface area contributed by atoms with Crippen LogP contribution in [0.25, 0.3) is 0 Å². The Morgan fingerprint density at radius 3 is 2.56 bits per heavy atom. The van der Waals surface area contributed by atoms with Crippen molar-refractivity contribution < 1.29 is 18.1 Å². The predicted molar refractivity (Wildman–Crippen MR) is 127 cm³/mol. The SMILES string of the molecule is O=C(CCN(/N=C/c1ccc([N+](=O)[O-])cc1)C1=NS(=O)(=O)c2ccccc21)NC1CCCCC1. The van der Waals surface area contributed by atoms with Crippen molar-refractivity contribution >= 4 is 33.7 Å². The first-order chi connectivity index (χ1) is 16.3. The predicted octanol–water partition coefficient (Wildman–Crippen LogP) is 3.22. The highest BCUT2D eigenvalue weighted by molar-refractivity contribution is 7.90. The molecule has 4 rings (SSSR count). The highest BCUT2D eigenvalue weighted by atomic mass is 32.2. The number of rotatable bonds is 7. The van der Waals surface area contributed by atoms with E-state index in [0.29, 0.717) is 11.1 Å². The number of nitro groups is 1. The lowest BCUT2D eigenvalue weighted by molar-refractivity contribution is -0.384. The maximum absolute atomic E-state index is 12.6. The number of carbonyl (C=O) groups is 1. The van der Waals surface area contributed by atoms with Gasteiger partial charge in [-0.15, -0.1) is 4.40 Å². The summed E-state index contributed by atoms with van der Waals surface area (Å²) < 4.78 is 29.0. The highest BCUT2D eigenvalue weighted by Gasteiger charge is 2.32. The molecule has 1 amide bonds. The number of fused-ring (bicyclic) bond motifs is 1. The summed E-state index contributed by atoms with van der Waals surface area (Å²) >= 11 is 0. The van der Waals surface area contributed by atoms with Gasteiger partial charge in [-0.3, -0.25) is 14.9 Å². The number of hydrogen-bond donors (Lipinski definition) is 1. The number of amidine groups is 1.